The maximum Gasteiger partial charge on any atom is 0.416 e. The standard InChI is InChI=1S/C27H21BrF3N3O4/c1-3-37-26(36)16(2)38-23-12-11-20(28)14-18(23)15-32-34-24(17-7-6-8-19(13-17)27(29,30)31)33-22-10-5-4-9-21(22)25(34)35/h4-16H,3H2,1-2H3/t16-/m0/s1. The number of hydrogen-bond donors (Lipinski definition) is 0. The molecule has 0 fully saturated rings. The maximum atomic E-state index is 13.4. The van der Waals surface area contributed by atoms with Crippen molar-refractivity contribution in [3.63, 3.8) is 0 Å². The number of fused-ring (bicyclic) bond motifs is 1. The van der Waals surface area contributed by atoms with E-state index in [9.17, 15) is 22.8 Å². The van der Waals surface area contributed by atoms with Gasteiger partial charge in [-0.25, -0.2) is 9.78 Å². The molecule has 1 atom stereocenters. The molecule has 1 aromatic heterocycles. The second-order valence-corrected chi connectivity index (χ2v) is 9.00. The summed E-state index contributed by atoms with van der Waals surface area (Å²) in [5.74, 6) is -0.353. The van der Waals surface area contributed by atoms with E-state index in [1.54, 1.807) is 49.4 Å². The molecule has 0 radical (unpaired) electrons. The normalized spacial score (nSPS) is 12.6. The second kappa shape index (κ2) is 11.2. The zero-order valence-corrected chi connectivity index (χ0v) is 21.8. The number of benzene rings is 3. The Kier molecular flexibility index (Phi) is 7.96. The van der Waals surface area contributed by atoms with Crippen molar-refractivity contribution in [2.45, 2.75) is 26.1 Å². The Morgan fingerprint density at radius 1 is 1.13 bits per heavy atom. The van der Waals surface area contributed by atoms with Crippen molar-refractivity contribution < 1.29 is 27.4 Å². The van der Waals surface area contributed by atoms with Crippen LogP contribution in [0.15, 0.2) is 81.1 Å². The fourth-order valence-electron chi connectivity index (χ4n) is 3.60. The maximum absolute atomic E-state index is 13.4. The first kappa shape index (κ1) is 27.1. The molecule has 11 heteroatoms. The highest BCUT2D eigenvalue weighted by molar-refractivity contribution is 9.10. The topological polar surface area (TPSA) is 82.8 Å². The summed E-state index contributed by atoms with van der Waals surface area (Å²) >= 11 is 3.37. The van der Waals surface area contributed by atoms with E-state index < -0.39 is 29.4 Å². The predicted molar refractivity (Wildman–Crippen MR) is 140 cm³/mol. The van der Waals surface area contributed by atoms with Crippen LogP contribution in [0.5, 0.6) is 5.75 Å². The van der Waals surface area contributed by atoms with Crippen molar-refractivity contribution in [3.8, 4) is 17.1 Å². The van der Waals surface area contributed by atoms with Gasteiger partial charge in [-0.15, -0.1) is 0 Å². The third-order valence-corrected chi connectivity index (χ3v) is 5.90. The summed E-state index contributed by atoms with van der Waals surface area (Å²) in [6.07, 6.45) is -4.19. The minimum absolute atomic E-state index is 0.0569. The van der Waals surface area contributed by atoms with Crippen LogP contribution in [0.2, 0.25) is 0 Å². The summed E-state index contributed by atoms with van der Waals surface area (Å²) < 4.78 is 52.6. The van der Waals surface area contributed by atoms with E-state index in [0.29, 0.717) is 15.6 Å². The minimum Gasteiger partial charge on any atom is -0.478 e. The van der Waals surface area contributed by atoms with Crippen LogP contribution in [0, 0.1) is 0 Å². The lowest BCUT2D eigenvalue weighted by atomic mass is 10.1. The van der Waals surface area contributed by atoms with Gasteiger partial charge in [0.1, 0.15) is 5.75 Å². The van der Waals surface area contributed by atoms with Crippen molar-refractivity contribution in [2.75, 3.05) is 6.61 Å². The number of carbonyl (C=O) groups excluding carboxylic acids is 1. The molecular weight excluding hydrogens is 567 g/mol. The molecule has 3 aromatic carbocycles. The van der Waals surface area contributed by atoms with Crippen molar-refractivity contribution >= 4 is 39.0 Å². The van der Waals surface area contributed by atoms with Crippen LogP contribution in [0.1, 0.15) is 25.0 Å². The van der Waals surface area contributed by atoms with Gasteiger partial charge in [0, 0.05) is 15.6 Å². The number of halogens is 4. The van der Waals surface area contributed by atoms with E-state index in [2.05, 4.69) is 26.0 Å². The van der Waals surface area contributed by atoms with E-state index >= 15 is 0 Å². The molecule has 0 saturated carbocycles. The Labute approximate surface area is 223 Å². The van der Waals surface area contributed by atoms with Crippen molar-refractivity contribution in [3.05, 3.63) is 92.7 Å². The average molecular weight is 588 g/mol. The fraction of sp³-hybridized carbons (Fsp3) is 0.185. The highest BCUT2D eigenvalue weighted by Crippen LogP contribution is 2.32. The van der Waals surface area contributed by atoms with Crippen LogP contribution >= 0.6 is 15.9 Å². The second-order valence-electron chi connectivity index (χ2n) is 8.09. The first-order chi connectivity index (χ1) is 18.1. The average Bonchev–Trinajstić information content (AvgIpc) is 2.89. The molecular formula is C27H21BrF3N3O4. The summed E-state index contributed by atoms with van der Waals surface area (Å²) in [6.45, 7) is 3.40. The molecule has 0 spiro atoms. The van der Waals surface area contributed by atoms with Gasteiger partial charge in [-0.2, -0.15) is 22.9 Å². The molecule has 0 bridgehead atoms. The number of alkyl halides is 3. The zero-order valence-electron chi connectivity index (χ0n) is 20.2. The van der Waals surface area contributed by atoms with Crippen LogP contribution in [0.3, 0.4) is 0 Å². The third-order valence-electron chi connectivity index (χ3n) is 5.41. The van der Waals surface area contributed by atoms with Gasteiger partial charge >= 0.3 is 12.1 Å². The number of carbonyl (C=O) groups is 1. The summed E-state index contributed by atoms with van der Waals surface area (Å²) in [5, 5.41) is 4.54. The van der Waals surface area contributed by atoms with Crippen molar-refractivity contribution in [1.82, 2.24) is 9.66 Å². The molecule has 4 aromatic rings. The molecule has 38 heavy (non-hydrogen) atoms. The first-order valence-corrected chi connectivity index (χ1v) is 12.2. The Morgan fingerprint density at radius 3 is 2.63 bits per heavy atom. The quantitative estimate of drug-likeness (QED) is 0.194. The number of para-hydroxylation sites is 1. The van der Waals surface area contributed by atoms with E-state index in [1.165, 1.54) is 25.3 Å². The zero-order chi connectivity index (χ0) is 27.4. The molecule has 1 heterocycles. The van der Waals surface area contributed by atoms with Crippen LogP contribution in [0.4, 0.5) is 13.2 Å². The number of aromatic nitrogens is 2. The Hall–Kier alpha value is -3.99. The van der Waals surface area contributed by atoms with Gasteiger partial charge in [-0.1, -0.05) is 40.2 Å². The largest absolute Gasteiger partial charge is 0.478 e. The molecule has 0 amide bonds. The Morgan fingerprint density at radius 2 is 1.89 bits per heavy atom. The van der Waals surface area contributed by atoms with Gasteiger partial charge in [0.2, 0.25) is 0 Å². The smallest absolute Gasteiger partial charge is 0.416 e. The van der Waals surface area contributed by atoms with E-state index in [-0.39, 0.29) is 29.1 Å². The van der Waals surface area contributed by atoms with Gasteiger partial charge in [-0.3, -0.25) is 4.79 Å². The summed E-state index contributed by atoms with van der Waals surface area (Å²) in [5.41, 5.74) is -0.696. The molecule has 0 unspecified atom stereocenters. The van der Waals surface area contributed by atoms with Gasteiger partial charge in [-0.05, 0) is 56.3 Å². The first-order valence-electron chi connectivity index (χ1n) is 11.4. The number of rotatable bonds is 7. The number of esters is 1. The predicted octanol–water partition coefficient (Wildman–Crippen LogP) is 6.06. The van der Waals surface area contributed by atoms with Gasteiger partial charge in [0.25, 0.3) is 5.56 Å². The molecule has 0 aliphatic rings. The number of ether oxygens (including phenoxy) is 2. The Bertz CT molecular complexity index is 1580. The highest BCUT2D eigenvalue weighted by atomic mass is 79.9. The number of hydrogen-bond acceptors (Lipinski definition) is 6. The monoisotopic (exact) mass is 587 g/mol. The van der Waals surface area contributed by atoms with Gasteiger partial charge in [0.05, 0.1) is 29.3 Å². The Balaban J connectivity index is 1.85. The fourth-order valence-corrected chi connectivity index (χ4v) is 3.98. The van der Waals surface area contributed by atoms with Crippen LogP contribution in [-0.2, 0) is 15.7 Å². The molecule has 0 saturated heterocycles. The molecule has 4 rings (SSSR count). The van der Waals surface area contributed by atoms with Gasteiger partial charge < -0.3 is 9.47 Å². The summed E-state index contributed by atoms with van der Waals surface area (Å²) in [6, 6.07) is 16.0. The number of nitrogens with zero attached hydrogens (tertiary/aromatic N) is 3. The third kappa shape index (κ3) is 5.94. The van der Waals surface area contributed by atoms with Crippen molar-refractivity contribution in [1.29, 1.82) is 0 Å². The lowest BCUT2D eigenvalue weighted by Gasteiger charge is -2.15. The van der Waals surface area contributed by atoms with E-state index in [0.717, 1.165) is 16.8 Å². The van der Waals surface area contributed by atoms with Crippen LogP contribution in [-0.4, -0.2) is 34.6 Å². The lowest BCUT2D eigenvalue weighted by Crippen LogP contribution is -2.26. The van der Waals surface area contributed by atoms with E-state index in [1.807, 2.05) is 0 Å². The minimum atomic E-state index is -4.58. The van der Waals surface area contributed by atoms with E-state index in [4.69, 9.17) is 9.47 Å². The molecule has 0 aliphatic heterocycles. The van der Waals surface area contributed by atoms with Crippen molar-refractivity contribution in [2.24, 2.45) is 5.10 Å². The summed E-state index contributed by atoms with van der Waals surface area (Å²) in [4.78, 5) is 29.9. The summed E-state index contributed by atoms with van der Waals surface area (Å²) in [7, 11) is 0. The van der Waals surface area contributed by atoms with Gasteiger partial charge in [0.15, 0.2) is 11.9 Å². The SMILES string of the molecule is CCOC(=O)[C@H](C)Oc1ccc(Br)cc1C=Nn1c(-c2cccc(C(F)(F)F)c2)nc2ccccc2c1=O. The van der Waals surface area contributed by atoms with Crippen LogP contribution in [0.25, 0.3) is 22.3 Å². The molecule has 0 aliphatic carbocycles. The molecule has 196 valence electrons. The molecule has 7 nitrogen and oxygen atoms in total. The van der Waals surface area contributed by atoms with Crippen LogP contribution < -0.4 is 10.3 Å². The highest BCUT2D eigenvalue weighted by Gasteiger charge is 2.31. The lowest BCUT2D eigenvalue weighted by molar-refractivity contribution is -0.150. The molecule has 0 N–H and O–H groups in total.